The summed E-state index contributed by atoms with van der Waals surface area (Å²) >= 11 is 10.0. The van der Waals surface area contributed by atoms with Crippen LogP contribution < -0.4 is 19.8 Å². The van der Waals surface area contributed by atoms with E-state index in [1.807, 2.05) is 12.1 Å². The van der Waals surface area contributed by atoms with Crippen LogP contribution in [0.5, 0.6) is 17.2 Å². The number of hydrogen-bond donors (Lipinski definition) is 0. The van der Waals surface area contributed by atoms with Crippen molar-refractivity contribution >= 4 is 61.6 Å². The van der Waals surface area contributed by atoms with E-state index in [0.29, 0.717) is 38.0 Å². The molecule has 0 N–H and O–H groups in total. The number of rotatable bonds is 9. The molecule has 0 aliphatic carbocycles. The van der Waals surface area contributed by atoms with Gasteiger partial charge >= 0.3 is 5.97 Å². The van der Waals surface area contributed by atoms with E-state index in [2.05, 4.69) is 21.0 Å². The fourth-order valence-corrected chi connectivity index (χ4v) is 4.80. The Balaban J connectivity index is 1.62. The number of hydrogen-bond acceptors (Lipinski definition) is 9. The van der Waals surface area contributed by atoms with Crippen LogP contribution in [-0.2, 0) is 9.53 Å². The molecule has 12 heteroatoms. The lowest BCUT2D eigenvalue weighted by atomic mass is 10.2. The van der Waals surface area contributed by atoms with Gasteiger partial charge < -0.3 is 23.4 Å². The van der Waals surface area contributed by atoms with Crippen LogP contribution >= 0.6 is 27.5 Å². The molecular weight excluding hydrogens is 618 g/mol. The van der Waals surface area contributed by atoms with E-state index in [0.717, 1.165) is 10.1 Å². The number of halogens is 2. The Labute approximate surface area is 247 Å². The third-order valence-electron chi connectivity index (χ3n) is 6.04. The average Bonchev–Trinajstić information content (AvgIpc) is 3.42. The van der Waals surface area contributed by atoms with Gasteiger partial charge in [0, 0.05) is 10.0 Å². The first kappa shape index (κ1) is 28.2. The molecule has 0 unspecified atom stereocenters. The molecule has 0 aliphatic rings. The van der Waals surface area contributed by atoms with E-state index in [1.54, 1.807) is 56.5 Å². The summed E-state index contributed by atoms with van der Waals surface area (Å²) in [6, 6.07) is 15.7. The average molecular weight is 641 g/mol. The lowest BCUT2D eigenvalue weighted by Gasteiger charge is -2.14. The van der Waals surface area contributed by atoms with Gasteiger partial charge in [0.25, 0.3) is 5.56 Å². The quantitative estimate of drug-likeness (QED) is 0.141. The van der Waals surface area contributed by atoms with E-state index in [-0.39, 0.29) is 35.6 Å². The molecule has 5 rings (SSSR count). The highest BCUT2D eigenvalue weighted by Gasteiger charge is 2.20. The van der Waals surface area contributed by atoms with E-state index in [4.69, 9.17) is 39.9 Å². The Bertz CT molecular complexity index is 1870. The topological polar surface area (TPSA) is 114 Å². The number of nitrogens with zero attached hydrogens (tertiary/aromatic N) is 3. The van der Waals surface area contributed by atoms with Gasteiger partial charge in [0.05, 0.1) is 43.3 Å². The third kappa shape index (κ3) is 5.50. The fourth-order valence-electron chi connectivity index (χ4n) is 4.15. The van der Waals surface area contributed by atoms with Crippen LogP contribution in [0, 0.1) is 0 Å². The first-order valence-corrected chi connectivity index (χ1v) is 13.5. The van der Waals surface area contributed by atoms with Crippen molar-refractivity contribution in [3.8, 4) is 28.8 Å². The first-order valence-electron chi connectivity index (χ1n) is 12.3. The molecular formula is C29H23BrClN3O7. The van der Waals surface area contributed by atoms with Gasteiger partial charge in [-0.15, -0.1) is 0 Å². The number of aromatic nitrogens is 2. The van der Waals surface area contributed by atoms with Crippen LogP contribution in [0.1, 0.15) is 12.5 Å². The summed E-state index contributed by atoms with van der Waals surface area (Å²) in [6.45, 7) is 1.56. The predicted octanol–water partition coefficient (Wildman–Crippen LogP) is 6.07. The fraction of sp³-hybridized carbons (Fsp3) is 0.172. The van der Waals surface area contributed by atoms with Crippen molar-refractivity contribution in [2.45, 2.75) is 6.92 Å². The molecule has 2 aromatic heterocycles. The van der Waals surface area contributed by atoms with Gasteiger partial charge in [-0.3, -0.25) is 4.79 Å². The predicted molar refractivity (Wildman–Crippen MR) is 159 cm³/mol. The zero-order chi connectivity index (χ0) is 29.1. The van der Waals surface area contributed by atoms with Crippen LogP contribution in [0.3, 0.4) is 0 Å². The van der Waals surface area contributed by atoms with E-state index < -0.39 is 11.5 Å². The maximum absolute atomic E-state index is 13.6. The van der Waals surface area contributed by atoms with Crippen LogP contribution in [0.15, 0.2) is 73.4 Å². The third-order valence-corrected chi connectivity index (χ3v) is 7.49. The van der Waals surface area contributed by atoms with E-state index >= 15 is 0 Å². The van der Waals surface area contributed by atoms with E-state index in [1.165, 1.54) is 13.3 Å². The molecule has 5 aromatic rings. The van der Waals surface area contributed by atoms with Crippen molar-refractivity contribution in [1.82, 2.24) is 9.66 Å². The number of fused-ring (bicyclic) bond motifs is 2. The molecule has 210 valence electrons. The second-order valence-corrected chi connectivity index (χ2v) is 9.69. The number of furan rings is 1. The van der Waals surface area contributed by atoms with Crippen molar-refractivity contribution in [2.24, 2.45) is 5.10 Å². The molecule has 10 nitrogen and oxygen atoms in total. The summed E-state index contributed by atoms with van der Waals surface area (Å²) in [4.78, 5) is 30.1. The number of para-hydroxylation sites is 1. The number of benzene rings is 3. The maximum atomic E-state index is 13.6. The van der Waals surface area contributed by atoms with Gasteiger partial charge in [-0.2, -0.15) is 9.78 Å². The summed E-state index contributed by atoms with van der Waals surface area (Å²) < 4.78 is 29.0. The first-order chi connectivity index (χ1) is 19.9. The molecule has 0 fully saturated rings. The number of carbonyl (C=O) groups excluding carboxylic acids is 1. The van der Waals surface area contributed by atoms with Crippen LogP contribution in [0.25, 0.3) is 33.5 Å². The smallest absolute Gasteiger partial charge is 0.344 e. The molecule has 0 spiro atoms. The summed E-state index contributed by atoms with van der Waals surface area (Å²) in [5.41, 5.74) is 1.11. The largest absolute Gasteiger partial charge is 0.496 e. The molecule has 3 aromatic carbocycles. The normalized spacial score (nSPS) is 11.3. The maximum Gasteiger partial charge on any atom is 0.344 e. The van der Waals surface area contributed by atoms with Crippen molar-refractivity contribution in [1.29, 1.82) is 0 Å². The molecule has 0 saturated carbocycles. The monoisotopic (exact) mass is 639 g/mol. The molecule has 0 radical (unpaired) electrons. The second kappa shape index (κ2) is 12.0. The minimum absolute atomic E-state index is 0.142. The van der Waals surface area contributed by atoms with Crippen LogP contribution in [0.4, 0.5) is 0 Å². The minimum Gasteiger partial charge on any atom is -0.496 e. The Morgan fingerprint density at radius 3 is 2.63 bits per heavy atom. The molecule has 41 heavy (non-hydrogen) atoms. The SMILES string of the molecule is CCOC(=O)COc1c(OC)cc(C=Nn2c(-c3cc4c(OC)cccc4o3)nc3ccccc3c2=O)c(Br)c1Cl. The van der Waals surface area contributed by atoms with Gasteiger partial charge in [-0.25, -0.2) is 9.78 Å². The number of ether oxygens (including phenoxy) is 4. The van der Waals surface area contributed by atoms with Crippen molar-refractivity contribution < 1.29 is 28.2 Å². The molecule has 0 bridgehead atoms. The zero-order valence-corrected chi connectivity index (χ0v) is 24.5. The van der Waals surface area contributed by atoms with Crippen molar-refractivity contribution in [2.75, 3.05) is 27.4 Å². The zero-order valence-electron chi connectivity index (χ0n) is 22.1. The Kier molecular flexibility index (Phi) is 8.27. The van der Waals surface area contributed by atoms with Gasteiger partial charge in [-0.1, -0.05) is 29.8 Å². The molecule has 0 amide bonds. The molecule has 0 saturated heterocycles. The molecule has 2 heterocycles. The highest BCUT2D eigenvalue weighted by molar-refractivity contribution is 9.10. The lowest BCUT2D eigenvalue weighted by molar-refractivity contribution is -0.145. The molecule has 0 aliphatic heterocycles. The standard InChI is InChI=1S/C29H23BrClN3O7/c1-4-39-24(35)15-40-27-22(38-3)12-16(25(30)26(27)31)14-32-34-28(33-19-9-6-5-8-17(19)29(34)36)23-13-18-20(37-2)10-7-11-21(18)41-23/h5-14H,4,15H2,1-3H3. The van der Waals surface area contributed by atoms with Crippen LogP contribution in [0.2, 0.25) is 5.02 Å². The van der Waals surface area contributed by atoms with Crippen molar-refractivity contribution in [3.63, 3.8) is 0 Å². The lowest BCUT2D eigenvalue weighted by Crippen LogP contribution is -2.20. The number of methoxy groups -OCH3 is 2. The highest BCUT2D eigenvalue weighted by Crippen LogP contribution is 2.42. The van der Waals surface area contributed by atoms with E-state index in [9.17, 15) is 9.59 Å². The van der Waals surface area contributed by atoms with Gasteiger partial charge in [-0.05, 0) is 59.3 Å². The Hall–Kier alpha value is -4.35. The highest BCUT2D eigenvalue weighted by atomic mass is 79.9. The Morgan fingerprint density at radius 2 is 1.88 bits per heavy atom. The summed E-state index contributed by atoms with van der Waals surface area (Å²) in [7, 11) is 3.00. The van der Waals surface area contributed by atoms with Crippen LogP contribution in [-0.4, -0.2) is 49.3 Å². The van der Waals surface area contributed by atoms with Crippen molar-refractivity contribution in [3.05, 3.63) is 80.0 Å². The summed E-state index contributed by atoms with van der Waals surface area (Å²) in [6.07, 6.45) is 1.43. The van der Waals surface area contributed by atoms with Gasteiger partial charge in [0.1, 0.15) is 16.4 Å². The second-order valence-electron chi connectivity index (χ2n) is 8.52. The summed E-state index contributed by atoms with van der Waals surface area (Å²) in [5.74, 6) is 0.969. The molecule has 0 atom stereocenters. The number of carbonyl (C=O) groups is 1. The summed E-state index contributed by atoms with van der Waals surface area (Å²) in [5, 5.41) is 5.73. The minimum atomic E-state index is -0.550. The van der Waals surface area contributed by atoms with Gasteiger partial charge in [0.15, 0.2) is 23.9 Å². The Morgan fingerprint density at radius 1 is 1.10 bits per heavy atom. The number of esters is 1. The van der Waals surface area contributed by atoms with Gasteiger partial charge in [0.2, 0.25) is 5.82 Å².